The molecule has 1 fully saturated rings. The lowest BCUT2D eigenvalue weighted by molar-refractivity contribution is 0.249. The smallest absolute Gasteiger partial charge is 0.246 e. The highest BCUT2D eigenvalue weighted by atomic mass is 32.2. The van der Waals surface area contributed by atoms with Gasteiger partial charge in [-0.15, -0.1) is 0 Å². The van der Waals surface area contributed by atoms with Crippen LogP contribution < -0.4 is 5.73 Å². The fourth-order valence-electron chi connectivity index (χ4n) is 2.02. The van der Waals surface area contributed by atoms with Crippen molar-refractivity contribution >= 4 is 10.0 Å². The van der Waals surface area contributed by atoms with Crippen LogP contribution in [0.2, 0.25) is 0 Å². The summed E-state index contributed by atoms with van der Waals surface area (Å²) in [4.78, 5) is -0.637. The van der Waals surface area contributed by atoms with E-state index < -0.39 is 26.6 Å². The molecule has 1 aromatic carbocycles. The summed E-state index contributed by atoms with van der Waals surface area (Å²) in [6.07, 6.45) is 2.44. The van der Waals surface area contributed by atoms with Gasteiger partial charge in [-0.05, 0) is 30.5 Å². The number of halogens is 2. The molecular formula is C12H16F2N2O2S. The average Bonchev–Trinajstić information content (AvgIpc) is 2.29. The summed E-state index contributed by atoms with van der Waals surface area (Å²) < 4.78 is 52.8. The SMILES string of the molecule is CN(C1CCC1)S(=O)(=O)c1cc(CN)cc(F)c1F. The molecule has 1 aliphatic carbocycles. The first-order chi connectivity index (χ1) is 8.87. The zero-order chi connectivity index (χ0) is 14.2. The Morgan fingerprint density at radius 2 is 2.00 bits per heavy atom. The molecular weight excluding hydrogens is 274 g/mol. The van der Waals surface area contributed by atoms with Gasteiger partial charge in [0.1, 0.15) is 4.90 Å². The van der Waals surface area contributed by atoms with Gasteiger partial charge in [-0.1, -0.05) is 6.42 Å². The van der Waals surface area contributed by atoms with Crippen molar-refractivity contribution in [3.63, 3.8) is 0 Å². The van der Waals surface area contributed by atoms with E-state index in [9.17, 15) is 17.2 Å². The van der Waals surface area contributed by atoms with Crippen LogP contribution in [0.4, 0.5) is 8.78 Å². The van der Waals surface area contributed by atoms with Gasteiger partial charge in [0.2, 0.25) is 10.0 Å². The van der Waals surface area contributed by atoms with Gasteiger partial charge < -0.3 is 5.73 Å². The van der Waals surface area contributed by atoms with Gasteiger partial charge in [0.15, 0.2) is 11.6 Å². The Morgan fingerprint density at radius 3 is 2.47 bits per heavy atom. The molecule has 4 nitrogen and oxygen atoms in total. The summed E-state index contributed by atoms with van der Waals surface area (Å²) in [5, 5.41) is 0. The Morgan fingerprint density at radius 1 is 1.37 bits per heavy atom. The number of hydrogen-bond donors (Lipinski definition) is 1. The van der Waals surface area contributed by atoms with Gasteiger partial charge >= 0.3 is 0 Å². The molecule has 1 aliphatic rings. The molecule has 0 atom stereocenters. The Hall–Kier alpha value is -1.05. The number of nitrogens with zero attached hydrogens (tertiary/aromatic N) is 1. The van der Waals surface area contributed by atoms with Crippen molar-refractivity contribution < 1.29 is 17.2 Å². The van der Waals surface area contributed by atoms with E-state index in [1.54, 1.807) is 0 Å². The lowest BCUT2D eigenvalue weighted by atomic mass is 9.94. The van der Waals surface area contributed by atoms with Crippen molar-refractivity contribution in [2.75, 3.05) is 7.05 Å². The Kier molecular flexibility index (Phi) is 3.89. The summed E-state index contributed by atoms with van der Waals surface area (Å²) in [5.74, 6) is -2.54. The number of nitrogens with two attached hydrogens (primary N) is 1. The maximum absolute atomic E-state index is 13.7. The lowest BCUT2D eigenvalue weighted by Gasteiger charge is -2.33. The molecule has 0 unspecified atom stereocenters. The Balaban J connectivity index is 2.47. The molecule has 0 spiro atoms. The maximum Gasteiger partial charge on any atom is 0.246 e. The van der Waals surface area contributed by atoms with E-state index in [0.29, 0.717) is 0 Å². The standard InChI is InChI=1S/C12H16F2N2O2S/c1-16(9-3-2-4-9)19(17,18)11-6-8(7-15)5-10(13)12(11)14/h5-6,9H,2-4,7,15H2,1H3. The van der Waals surface area contributed by atoms with Crippen molar-refractivity contribution in [3.8, 4) is 0 Å². The number of hydrogen-bond acceptors (Lipinski definition) is 3. The zero-order valence-electron chi connectivity index (χ0n) is 10.6. The van der Waals surface area contributed by atoms with Crippen LogP contribution in [0.5, 0.6) is 0 Å². The third-order valence-electron chi connectivity index (χ3n) is 3.54. The fourth-order valence-corrected chi connectivity index (χ4v) is 3.56. The predicted molar refractivity (Wildman–Crippen MR) is 66.8 cm³/mol. The molecule has 2 N–H and O–H groups in total. The van der Waals surface area contributed by atoms with E-state index >= 15 is 0 Å². The van der Waals surface area contributed by atoms with Crippen molar-refractivity contribution in [2.45, 2.75) is 36.7 Å². The second kappa shape index (κ2) is 5.15. The quantitative estimate of drug-likeness (QED) is 0.916. The summed E-state index contributed by atoms with van der Waals surface area (Å²) in [6, 6.07) is 1.88. The maximum atomic E-state index is 13.7. The van der Waals surface area contributed by atoms with E-state index in [-0.39, 0.29) is 18.2 Å². The monoisotopic (exact) mass is 290 g/mol. The zero-order valence-corrected chi connectivity index (χ0v) is 11.4. The largest absolute Gasteiger partial charge is 0.326 e. The molecule has 0 bridgehead atoms. The minimum Gasteiger partial charge on any atom is -0.326 e. The second-order valence-corrected chi connectivity index (χ2v) is 6.67. The third kappa shape index (κ3) is 2.50. The molecule has 106 valence electrons. The van der Waals surface area contributed by atoms with Crippen molar-refractivity contribution in [2.24, 2.45) is 5.73 Å². The molecule has 19 heavy (non-hydrogen) atoms. The molecule has 0 amide bonds. The van der Waals surface area contributed by atoms with Crippen LogP contribution in [0, 0.1) is 11.6 Å². The number of sulfonamides is 1. The van der Waals surface area contributed by atoms with E-state index in [1.807, 2.05) is 0 Å². The van der Waals surface area contributed by atoms with Crippen LogP contribution in [0.15, 0.2) is 17.0 Å². The van der Waals surface area contributed by atoms with E-state index in [2.05, 4.69) is 0 Å². The fraction of sp³-hybridized carbons (Fsp3) is 0.500. The molecule has 0 aliphatic heterocycles. The topological polar surface area (TPSA) is 63.4 Å². The highest BCUT2D eigenvalue weighted by Gasteiger charge is 2.34. The highest BCUT2D eigenvalue weighted by Crippen LogP contribution is 2.30. The van der Waals surface area contributed by atoms with E-state index in [0.717, 1.165) is 35.7 Å². The minimum absolute atomic E-state index is 0.0487. The van der Waals surface area contributed by atoms with Crippen molar-refractivity contribution in [1.82, 2.24) is 4.31 Å². The minimum atomic E-state index is -4.02. The average molecular weight is 290 g/mol. The molecule has 2 rings (SSSR count). The van der Waals surface area contributed by atoms with Gasteiger partial charge in [-0.3, -0.25) is 0 Å². The van der Waals surface area contributed by atoms with Crippen LogP contribution in [-0.4, -0.2) is 25.8 Å². The molecule has 1 aromatic rings. The lowest BCUT2D eigenvalue weighted by Crippen LogP contribution is -2.41. The van der Waals surface area contributed by atoms with Crippen LogP contribution in [0.1, 0.15) is 24.8 Å². The van der Waals surface area contributed by atoms with E-state index in [1.165, 1.54) is 7.05 Å². The number of benzene rings is 1. The van der Waals surface area contributed by atoms with Gasteiger partial charge in [-0.25, -0.2) is 17.2 Å². The Bertz CT molecular complexity index is 586. The van der Waals surface area contributed by atoms with Gasteiger partial charge in [0.25, 0.3) is 0 Å². The van der Waals surface area contributed by atoms with E-state index in [4.69, 9.17) is 5.73 Å². The van der Waals surface area contributed by atoms with Gasteiger partial charge in [0, 0.05) is 19.6 Å². The summed E-state index contributed by atoms with van der Waals surface area (Å²) >= 11 is 0. The van der Waals surface area contributed by atoms with Crippen molar-refractivity contribution in [3.05, 3.63) is 29.3 Å². The van der Waals surface area contributed by atoms with Crippen LogP contribution in [0.25, 0.3) is 0 Å². The van der Waals surface area contributed by atoms with Gasteiger partial charge in [-0.2, -0.15) is 4.31 Å². The number of rotatable bonds is 4. The second-order valence-electron chi connectivity index (χ2n) is 4.70. The summed E-state index contributed by atoms with van der Waals surface area (Å²) in [5.41, 5.74) is 5.61. The Labute approximate surface area is 111 Å². The molecule has 0 saturated heterocycles. The summed E-state index contributed by atoms with van der Waals surface area (Å²) in [7, 11) is -2.63. The highest BCUT2D eigenvalue weighted by molar-refractivity contribution is 7.89. The van der Waals surface area contributed by atoms with Gasteiger partial charge in [0.05, 0.1) is 0 Å². The molecule has 7 heteroatoms. The molecule has 0 heterocycles. The first kappa shape index (κ1) is 14.4. The van der Waals surface area contributed by atoms with Crippen LogP contribution in [-0.2, 0) is 16.6 Å². The first-order valence-corrected chi connectivity index (χ1v) is 7.48. The third-order valence-corrected chi connectivity index (χ3v) is 5.45. The predicted octanol–water partition coefficient (Wildman–Crippen LogP) is 1.60. The first-order valence-electron chi connectivity index (χ1n) is 6.04. The van der Waals surface area contributed by atoms with Crippen molar-refractivity contribution in [1.29, 1.82) is 0 Å². The molecule has 0 radical (unpaired) electrons. The molecule has 1 saturated carbocycles. The van der Waals surface area contributed by atoms with Crippen LogP contribution in [0.3, 0.4) is 0 Å². The molecule has 0 aromatic heterocycles. The summed E-state index contributed by atoms with van der Waals surface area (Å²) in [6.45, 7) is -0.0487. The van der Waals surface area contributed by atoms with Crippen LogP contribution >= 0.6 is 0 Å². The normalized spacial score (nSPS) is 16.7.